The molecule has 2 rings (SSSR count). The Bertz CT molecular complexity index is 376. The highest BCUT2D eigenvalue weighted by atomic mass is 127. The van der Waals surface area contributed by atoms with Crippen LogP contribution in [0.1, 0.15) is 46.0 Å². The molecule has 5 nitrogen and oxygen atoms in total. The molecule has 142 valence electrons. The van der Waals surface area contributed by atoms with E-state index >= 15 is 0 Å². The molecule has 6 heteroatoms. The Hall–Kier alpha value is -0.0800. The molecule has 2 aliphatic heterocycles. The van der Waals surface area contributed by atoms with Crippen molar-refractivity contribution in [3.05, 3.63) is 0 Å². The van der Waals surface area contributed by atoms with E-state index in [-0.39, 0.29) is 24.0 Å². The highest BCUT2D eigenvalue weighted by molar-refractivity contribution is 14.0. The maximum atomic E-state index is 4.51. The maximum Gasteiger partial charge on any atom is 0.193 e. The van der Waals surface area contributed by atoms with Crippen LogP contribution in [0.25, 0.3) is 0 Å². The first-order chi connectivity index (χ1) is 11.2. The lowest BCUT2D eigenvalue weighted by atomic mass is 10.0. The van der Waals surface area contributed by atoms with Gasteiger partial charge >= 0.3 is 0 Å². The Morgan fingerprint density at radius 2 is 1.67 bits per heavy atom. The average Bonchev–Trinajstić information content (AvgIpc) is 3.02. The van der Waals surface area contributed by atoms with E-state index in [9.17, 15) is 0 Å². The summed E-state index contributed by atoms with van der Waals surface area (Å²) < 4.78 is 0. The van der Waals surface area contributed by atoms with Gasteiger partial charge < -0.3 is 10.2 Å². The van der Waals surface area contributed by atoms with Gasteiger partial charge in [0, 0.05) is 39.3 Å². The number of nitrogens with zero attached hydrogens (tertiary/aromatic N) is 4. The van der Waals surface area contributed by atoms with Crippen molar-refractivity contribution in [3.8, 4) is 0 Å². The fraction of sp³-hybridized carbons (Fsp3) is 0.944. The quantitative estimate of drug-likeness (QED) is 0.382. The SMILES string of the molecule is CCN1CCCCC1CNC(=NC)N(C)CC1CCCN1CC.I. The topological polar surface area (TPSA) is 34.1 Å². The van der Waals surface area contributed by atoms with Crippen molar-refractivity contribution >= 4 is 29.9 Å². The van der Waals surface area contributed by atoms with Crippen LogP contribution in [0.15, 0.2) is 4.99 Å². The van der Waals surface area contributed by atoms with E-state index < -0.39 is 0 Å². The highest BCUT2D eigenvalue weighted by Crippen LogP contribution is 2.18. The first kappa shape index (κ1) is 22.0. The van der Waals surface area contributed by atoms with E-state index in [1.165, 1.54) is 45.2 Å². The van der Waals surface area contributed by atoms with Gasteiger partial charge in [0.2, 0.25) is 0 Å². The van der Waals surface area contributed by atoms with Gasteiger partial charge in [-0.1, -0.05) is 20.3 Å². The minimum absolute atomic E-state index is 0. The molecule has 2 aliphatic rings. The molecule has 0 spiro atoms. The number of likely N-dealkylation sites (tertiary alicyclic amines) is 2. The third kappa shape index (κ3) is 6.02. The van der Waals surface area contributed by atoms with Crippen molar-refractivity contribution in [2.24, 2.45) is 4.99 Å². The first-order valence-electron chi connectivity index (χ1n) is 9.59. The lowest BCUT2D eigenvalue weighted by Gasteiger charge is -2.36. The van der Waals surface area contributed by atoms with Crippen molar-refractivity contribution in [2.45, 2.75) is 58.0 Å². The second-order valence-electron chi connectivity index (χ2n) is 7.01. The average molecular weight is 451 g/mol. The number of nitrogens with one attached hydrogen (secondary N) is 1. The third-order valence-electron chi connectivity index (χ3n) is 5.61. The van der Waals surface area contributed by atoms with Gasteiger partial charge in [0.15, 0.2) is 5.96 Å². The predicted octanol–water partition coefficient (Wildman–Crippen LogP) is 2.47. The summed E-state index contributed by atoms with van der Waals surface area (Å²) in [7, 11) is 4.09. The number of likely N-dealkylation sites (N-methyl/N-ethyl adjacent to an activating group) is 3. The Morgan fingerprint density at radius 1 is 1.04 bits per heavy atom. The Morgan fingerprint density at radius 3 is 2.33 bits per heavy atom. The molecule has 0 radical (unpaired) electrons. The van der Waals surface area contributed by atoms with Crippen LogP contribution in [0.5, 0.6) is 0 Å². The summed E-state index contributed by atoms with van der Waals surface area (Å²) >= 11 is 0. The fourth-order valence-electron chi connectivity index (χ4n) is 4.22. The largest absolute Gasteiger partial charge is 0.355 e. The van der Waals surface area contributed by atoms with Crippen molar-refractivity contribution in [3.63, 3.8) is 0 Å². The zero-order valence-corrected chi connectivity index (χ0v) is 18.5. The van der Waals surface area contributed by atoms with Crippen LogP contribution in [0.4, 0.5) is 0 Å². The molecule has 0 aromatic heterocycles. The lowest BCUT2D eigenvalue weighted by molar-refractivity contribution is 0.156. The van der Waals surface area contributed by atoms with E-state index in [0.29, 0.717) is 12.1 Å². The summed E-state index contributed by atoms with van der Waals surface area (Å²) in [5.41, 5.74) is 0. The lowest BCUT2D eigenvalue weighted by Crippen LogP contribution is -2.51. The van der Waals surface area contributed by atoms with Crippen LogP contribution in [0.3, 0.4) is 0 Å². The number of piperidine rings is 1. The van der Waals surface area contributed by atoms with Crippen LogP contribution >= 0.6 is 24.0 Å². The molecule has 2 unspecified atom stereocenters. The number of halogens is 1. The summed E-state index contributed by atoms with van der Waals surface area (Å²) in [4.78, 5) is 12.0. The summed E-state index contributed by atoms with van der Waals surface area (Å²) in [6.07, 6.45) is 6.69. The monoisotopic (exact) mass is 451 g/mol. The molecule has 0 aromatic rings. The van der Waals surface area contributed by atoms with E-state index in [4.69, 9.17) is 0 Å². The fourth-order valence-corrected chi connectivity index (χ4v) is 4.22. The summed E-state index contributed by atoms with van der Waals surface area (Å²) in [5, 5.41) is 3.63. The molecule has 0 saturated carbocycles. The maximum absolute atomic E-state index is 4.51. The molecule has 2 fully saturated rings. The molecule has 0 bridgehead atoms. The number of aliphatic imine (C=N–C) groups is 1. The second kappa shape index (κ2) is 11.5. The van der Waals surface area contributed by atoms with Crippen LogP contribution in [-0.4, -0.2) is 86.1 Å². The Balaban J connectivity index is 0.00000288. The summed E-state index contributed by atoms with van der Waals surface area (Å²) in [5.74, 6) is 1.05. The normalized spacial score (nSPS) is 26.2. The van der Waals surface area contributed by atoms with Gasteiger partial charge in [0.1, 0.15) is 0 Å². The van der Waals surface area contributed by atoms with Crippen molar-refractivity contribution in [1.29, 1.82) is 0 Å². The van der Waals surface area contributed by atoms with Crippen LogP contribution < -0.4 is 5.32 Å². The van der Waals surface area contributed by atoms with Crippen molar-refractivity contribution < 1.29 is 0 Å². The highest BCUT2D eigenvalue weighted by Gasteiger charge is 2.26. The second-order valence-corrected chi connectivity index (χ2v) is 7.01. The van der Waals surface area contributed by atoms with Gasteiger partial charge in [-0.15, -0.1) is 24.0 Å². The predicted molar refractivity (Wildman–Crippen MR) is 115 cm³/mol. The zero-order chi connectivity index (χ0) is 16.7. The zero-order valence-electron chi connectivity index (χ0n) is 16.1. The van der Waals surface area contributed by atoms with E-state index in [1.54, 1.807) is 0 Å². The van der Waals surface area contributed by atoms with Gasteiger partial charge in [-0.25, -0.2) is 0 Å². The molecule has 2 heterocycles. The Labute approximate surface area is 166 Å². The number of rotatable bonds is 6. The van der Waals surface area contributed by atoms with Gasteiger partial charge in [-0.05, 0) is 51.9 Å². The first-order valence-corrected chi connectivity index (χ1v) is 9.59. The molecule has 0 aliphatic carbocycles. The van der Waals surface area contributed by atoms with Crippen LogP contribution in [0, 0.1) is 0 Å². The standard InChI is InChI=1S/C18H37N5.HI/c1-5-22-12-8-7-10-16(22)14-20-18(19-3)21(4)15-17-11-9-13-23(17)6-2;/h16-17H,5-15H2,1-4H3,(H,19,20);1H. The van der Waals surface area contributed by atoms with Gasteiger partial charge in [-0.2, -0.15) is 0 Å². The summed E-state index contributed by atoms with van der Waals surface area (Å²) in [6, 6.07) is 1.35. The molecular weight excluding hydrogens is 413 g/mol. The van der Waals surface area contributed by atoms with E-state index in [2.05, 4.69) is 45.9 Å². The molecule has 24 heavy (non-hydrogen) atoms. The van der Waals surface area contributed by atoms with Crippen molar-refractivity contribution in [1.82, 2.24) is 20.0 Å². The smallest absolute Gasteiger partial charge is 0.193 e. The number of hydrogen-bond acceptors (Lipinski definition) is 3. The van der Waals surface area contributed by atoms with E-state index in [0.717, 1.165) is 32.1 Å². The molecule has 2 atom stereocenters. The number of hydrogen-bond donors (Lipinski definition) is 1. The van der Waals surface area contributed by atoms with Gasteiger partial charge in [-0.3, -0.25) is 14.8 Å². The van der Waals surface area contributed by atoms with E-state index in [1.807, 2.05) is 7.05 Å². The van der Waals surface area contributed by atoms with Crippen molar-refractivity contribution in [2.75, 3.05) is 53.4 Å². The molecule has 2 saturated heterocycles. The summed E-state index contributed by atoms with van der Waals surface area (Å²) in [6.45, 7) is 11.5. The van der Waals surface area contributed by atoms with Gasteiger partial charge in [0.25, 0.3) is 0 Å². The van der Waals surface area contributed by atoms with Gasteiger partial charge in [0.05, 0.1) is 0 Å². The van der Waals surface area contributed by atoms with Crippen LogP contribution in [-0.2, 0) is 0 Å². The molecular formula is C18H38IN5. The Kier molecular flexibility index (Phi) is 10.5. The number of guanidine groups is 1. The minimum atomic E-state index is 0. The molecule has 0 aromatic carbocycles. The molecule has 1 N–H and O–H groups in total. The minimum Gasteiger partial charge on any atom is -0.355 e. The molecule has 0 amide bonds. The van der Waals surface area contributed by atoms with Crippen LogP contribution in [0.2, 0.25) is 0 Å². The third-order valence-corrected chi connectivity index (χ3v) is 5.61.